The molecule has 10 nitrogen and oxygen atoms in total. The maximum Gasteiger partial charge on any atom is 0.169 e. The number of pyridine rings is 1. The number of amidine groups is 2. The van der Waals surface area contributed by atoms with Crippen molar-refractivity contribution in [2.24, 2.45) is 10.1 Å². The lowest BCUT2D eigenvalue weighted by atomic mass is 10.2. The van der Waals surface area contributed by atoms with Crippen LogP contribution in [0.3, 0.4) is 0 Å². The van der Waals surface area contributed by atoms with Crippen molar-refractivity contribution in [2.45, 2.75) is 6.04 Å². The van der Waals surface area contributed by atoms with Crippen LogP contribution in [-0.4, -0.2) is 48.5 Å². The highest BCUT2D eigenvalue weighted by molar-refractivity contribution is 6.15. The Kier molecular flexibility index (Phi) is 5.37. The molecule has 0 aliphatic carbocycles. The van der Waals surface area contributed by atoms with Crippen LogP contribution in [0.25, 0.3) is 0 Å². The fourth-order valence-electron chi connectivity index (χ4n) is 3.11. The summed E-state index contributed by atoms with van der Waals surface area (Å²) >= 11 is 0. The lowest BCUT2D eigenvalue weighted by Gasteiger charge is -2.25. The molecule has 2 N–H and O–H groups in total. The molecule has 154 valence electrons. The number of fused-ring (bicyclic) bond motifs is 1. The van der Waals surface area contributed by atoms with E-state index in [1.165, 1.54) is 7.11 Å². The van der Waals surface area contributed by atoms with Crippen LogP contribution >= 0.6 is 0 Å². The molecule has 0 bridgehead atoms. The molecule has 0 amide bonds. The molecule has 1 atom stereocenters. The van der Waals surface area contributed by atoms with E-state index in [2.05, 4.69) is 37.8 Å². The largest absolute Gasteiger partial charge is 0.497 e. The van der Waals surface area contributed by atoms with E-state index < -0.39 is 6.04 Å². The van der Waals surface area contributed by atoms with Gasteiger partial charge >= 0.3 is 0 Å². The Labute approximate surface area is 178 Å². The zero-order valence-electron chi connectivity index (χ0n) is 16.8. The van der Waals surface area contributed by atoms with E-state index in [9.17, 15) is 10.5 Å². The van der Waals surface area contributed by atoms with Gasteiger partial charge in [-0.15, -0.1) is 0 Å². The number of nitrogens with one attached hydrogen (secondary N) is 2. The van der Waals surface area contributed by atoms with Gasteiger partial charge in [0.1, 0.15) is 17.3 Å². The van der Waals surface area contributed by atoms with E-state index in [4.69, 9.17) is 9.47 Å². The van der Waals surface area contributed by atoms with Crippen molar-refractivity contribution in [2.75, 3.05) is 31.4 Å². The van der Waals surface area contributed by atoms with E-state index >= 15 is 0 Å². The molecule has 1 aromatic heterocycles. The highest BCUT2D eigenvalue weighted by Crippen LogP contribution is 2.25. The van der Waals surface area contributed by atoms with Crippen LogP contribution in [0.4, 0.5) is 11.5 Å². The molecule has 1 aromatic carbocycles. The molecule has 10 heteroatoms. The Hall–Kier alpha value is -4.57. The zero-order chi connectivity index (χ0) is 21.8. The molecule has 0 radical (unpaired) electrons. The first-order valence-electron chi connectivity index (χ1n) is 9.30. The number of anilines is 2. The van der Waals surface area contributed by atoms with E-state index in [1.54, 1.807) is 54.7 Å². The Bertz CT molecular complexity index is 1170. The third kappa shape index (κ3) is 4.09. The highest BCUT2D eigenvalue weighted by Gasteiger charge is 2.33. The van der Waals surface area contributed by atoms with Gasteiger partial charge in [0.25, 0.3) is 0 Å². The lowest BCUT2D eigenvalue weighted by Crippen LogP contribution is -2.38. The van der Waals surface area contributed by atoms with Crippen LogP contribution in [0.15, 0.2) is 58.4 Å². The van der Waals surface area contributed by atoms with Gasteiger partial charge in [-0.3, -0.25) is 4.99 Å². The second-order valence-corrected chi connectivity index (χ2v) is 6.59. The number of aromatic nitrogens is 1. The Balaban J connectivity index is 1.65. The number of nitriles is 2. The van der Waals surface area contributed by atoms with Gasteiger partial charge < -0.3 is 20.1 Å². The Morgan fingerprint density at radius 3 is 2.61 bits per heavy atom. The summed E-state index contributed by atoms with van der Waals surface area (Å²) in [6, 6.07) is 12.5. The SMILES string of the molecule is COc1ccc(NC2=CC(Nc3cc(C#N)cc(OC)c3)=NN3C2=NCC3C#N)nc1. The summed E-state index contributed by atoms with van der Waals surface area (Å²) in [5.41, 5.74) is 1.71. The van der Waals surface area contributed by atoms with Gasteiger partial charge in [0, 0.05) is 17.8 Å². The van der Waals surface area contributed by atoms with Crippen LogP contribution in [-0.2, 0) is 0 Å². The van der Waals surface area contributed by atoms with Crippen molar-refractivity contribution < 1.29 is 9.47 Å². The second-order valence-electron chi connectivity index (χ2n) is 6.59. The normalized spacial score (nSPS) is 16.7. The first-order chi connectivity index (χ1) is 15.1. The lowest BCUT2D eigenvalue weighted by molar-refractivity contribution is 0.413. The fraction of sp³-hybridized carbons (Fsp3) is 0.190. The van der Waals surface area contributed by atoms with Gasteiger partial charge in [0.15, 0.2) is 17.7 Å². The first-order valence-corrected chi connectivity index (χ1v) is 9.30. The van der Waals surface area contributed by atoms with Gasteiger partial charge in [0.05, 0.1) is 50.4 Å². The molecule has 0 saturated heterocycles. The maximum atomic E-state index is 9.48. The summed E-state index contributed by atoms with van der Waals surface area (Å²) in [4.78, 5) is 8.78. The van der Waals surface area contributed by atoms with Crippen molar-refractivity contribution in [1.82, 2.24) is 9.99 Å². The predicted molar refractivity (Wildman–Crippen MR) is 115 cm³/mol. The topological polar surface area (TPSA) is 131 Å². The summed E-state index contributed by atoms with van der Waals surface area (Å²) < 4.78 is 10.4. The molecule has 2 aliphatic heterocycles. The van der Waals surface area contributed by atoms with Crippen LogP contribution in [0, 0.1) is 22.7 Å². The molecular weight excluding hydrogens is 396 g/mol. The van der Waals surface area contributed by atoms with E-state index in [1.807, 2.05) is 0 Å². The number of benzene rings is 1. The van der Waals surface area contributed by atoms with Crippen molar-refractivity contribution in [1.29, 1.82) is 10.5 Å². The van der Waals surface area contributed by atoms with Gasteiger partial charge in [-0.1, -0.05) is 0 Å². The highest BCUT2D eigenvalue weighted by atomic mass is 16.5. The summed E-state index contributed by atoms with van der Waals surface area (Å²) in [5, 5.41) is 31.2. The molecule has 0 spiro atoms. The van der Waals surface area contributed by atoms with Crippen LogP contribution < -0.4 is 20.1 Å². The fourth-order valence-corrected chi connectivity index (χ4v) is 3.11. The smallest absolute Gasteiger partial charge is 0.169 e. The molecule has 0 saturated carbocycles. The second kappa shape index (κ2) is 8.43. The minimum atomic E-state index is -0.513. The number of hydrogen-bond acceptors (Lipinski definition) is 10. The number of methoxy groups -OCH3 is 2. The number of nitrogens with zero attached hydrogens (tertiary/aromatic N) is 6. The van der Waals surface area contributed by atoms with Gasteiger partial charge in [-0.2, -0.15) is 15.6 Å². The quantitative estimate of drug-likeness (QED) is 0.762. The number of hydrazone groups is 1. The molecule has 1 unspecified atom stereocenters. The average molecular weight is 414 g/mol. The third-order valence-corrected chi connectivity index (χ3v) is 4.59. The maximum absolute atomic E-state index is 9.48. The van der Waals surface area contributed by atoms with Crippen LogP contribution in [0.2, 0.25) is 0 Å². The van der Waals surface area contributed by atoms with E-state index in [-0.39, 0.29) is 0 Å². The van der Waals surface area contributed by atoms with E-state index in [0.717, 1.165) is 0 Å². The molecule has 4 rings (SSSR count). The summed E-state index contributed by atoms with van der Waals surface area (Å²) in [5.74, 6) is 2.79. The molecular formula is C21H18N8O2. The van der Waals surface area contributed by atoms with Gasteiger partial charge in [-0.05, 0) is 24.3 Å². The first kappa shape index (κ1) is 19.7. The Morgan fingerprint density at radius 2 is 1.94 bits per heavy atom. The monoisotopic (exact) mass is 414 g/mol. The van der Waals surface area contributed by atoms with Crippen LogP contribution in [0.1, 0.15) is 5.56 Å². The summed E-state index contributed by atoms with van der Waals surface area (Å²) in [7, 11) is 3.11. The predicted octanol–water partition coefficient (Wildman–Crippen LogP) is 2.31. The van der Waals surface area contributed by atoms with E-state index in [0.29, 0.717) is 52.5 Å². The van der Waals surface area contributed by atoms with Crippen LogP contribution in [0.5, 0.6) is 11.5 Å². The van der Waals surface area contributed by atoms with Crippen molar-refractivity contribution in [3.63, 3.8) is 0 Å². The zero-order valence-corrected chi connectivity index (χ0v) is 16.8. The van der Waals surface area contributed by atoms with Crippen molar-refractivity contribution >= 4 is 23.2 Å². The summed E-state index contributed by atoms with van der Waals surface area (Å²) in [6.45, 7) is 0.315. The number of hydrogen-bond donors (Lipinski definition) is 2. The third-order valence-electron chi connectivity index (χ3n) is 4.59. The Morgan fingerprint density at radius 1 is 1.10 bits per heavy atom. The molecule has 2 aromatic rings. The summed E-state index contributed by atoms with van der Waals surface area (Å²) in [6.07, 6.45) is 3.37. The van der Waals surface area contributed by atoms with Gasteiger partial charge in [0.2, 0.25) is 0 Å². The minimum absolute atomic E-state index is 0.315. The van der Waals surface area contributed by atoms with Gasteiger partial charge in [-0.25, -0.2) is 9.99 Å². The molecule has 2 aliphatic rings. The van der Waals surface area contributed by atoms with Crippen molar-refractivity contribution in [3.05, 3.63) is 53.9 Å². The molecule has 3 heterocycles. The standard InChI is InChI=1S/C21H18N8O2/c1-30-16-3-4-19(24-12-16)27-18-8-20(28-29-15(10-23)11-25-21(18)29)26-14-5-13(9-22)6-17(7-14)31-2/h3-8,12,15H,11H2,1-2H3,(H,24,27)(H,26,28). The minimum Gasteiger partial charge on any atom is -0.497 e. The number of ether oxygens (including phenoxy) is 2. The number of rotatable bonds is 5. The number of aliphatic imine (C=N–C) groups is 1. The molecule has 0 fully saturated rings. The average Bonchev–Trinajstić information content (AvgIpc) is 3.22. The molecule has 31 heavy (non-hydrogen) atoms. The van der Waals surface area contributed by atoms with Crippen molar-refractivity contribution in [3.8, 4) is 23.6 Å².